The number of carbonyl (C=O) groups is 1. The number of halogens is 1. The summed E-state index contributed by atoms with van der Waals surface area (Å²) >= 11 is 6.00. The summed E-state index contributed by atoms with van der Waals surface area (Å²) < 4.78 is 2.90. The van der Waals surface area contributed by atoms with Gasteiger partial charge >= 0.3 is 5.69 Å². The molecule has 10 heteroatoms. The molecule has 0 saturated heterocycles. The molecule has 22 heavy (non-hydrogen) atoms. The fraction of sp³-hybridized carbons (Fsp3) is 0.417. The van der Waals surface area contributed by atoms with E-state index >= 15 is 0 Å². The van der Waals surface area contributed by atoms with Gasteiger partial charge in [0.15, 0.2) is 0 Å². The molecule has 0 fully saturated rings. The summed E-state index contributed by atoms with van der Waals surface area (Å²) in [5.74, 6) is -0.545. The third-order valence-corrected chi connectivity index (χ3v) is 3.53. The van der Waals surface area contributed by atoms with Crippen LogP contribution in [0.2, 0.25) is 5.02 Å². The van der Waals surface area contributed by atoms with Crippen LogP contribution in [0.5, 0.6) is 0 Å². The van der Waals surface area contributed by atoms with E-state index in [0.29, 0.717) is 17.3 Å². The highest BCUT2D eigenvalue weighted by Gasteiger charge is 2.28. The van der Waals surface area contributed by atoms with Gasteiger partial charge in [-0.05, 0) is 6.92 Å². The van der Waals surface area contributed by atoms with Crippen molar-refractivity contribution in [3.63, 3.8) is 0 Å². The van der Waals surface area contributed by atoms with E-state index in [9.17, 15) is 14.9 Å². The second kappa shape index (κ2) is 6.14. The quantitative estimate of drug-likeness (QED) is 0.612. The van der Waals surface area contributed by atoms with E-state index in [4.69, 9.17) is 11.6 Å². The zero-order valence-electron chi connectivity index (χ0n) is 12.4. The van der Waals surface area contributed by atoms with Crippen LogP contribution in [0.1, 0.15) is 23.1 Å². The summed E-state index contributed by atoms with van der Waals surface area (Å²) in [6, 6.07) is 0. The first kappa shape index (κ1) is 16.0. The van der Waals surface area contributed by atoms with Crippen LogP contribution in [0.4, 0.5) is 5.69 Å². The number of nitrogens with zero attached hydrogens (tertiary/aromatic N) is 6. The van der Waals surface area contributed by atoms with E-state index in [1.165, 1.54) is 29.0 Å². The van der Waals surface area contributed by atoms with Crippen LogP contribution in [0.15, 0.2) is 12.4 Å². The predicted molar refractivity (Wildman–Crippen MR) is 78.6 cm³/mol. The molecule has 0 bridgehead atoms. The van der Waals surface area contributed by atoms with Crippen LogP contribution in [-0.2, 0) is 20.1 Å². The fourth-order valence-corrected chi connectivity index (χ4v) is 2.18. The molecule has 0 N–H and O–H groups in total. The molecular formula is C12H15ClN6O3. The molecular weight excluding hydrogens is 312 g/mol. The summed E-state index contributed by atoms with van der Waals surface area (Å²) in [6.07, 6.45) is 2.72. The SMILES string of the molecule is CCn1cc([N+](=O)[O-])c(C(=O)N(C)Cc2c(Cl)cnn2C)n1. The molecule has 2 aromatic rings. The number of amides is 1. The van der Waals surface area contributed by atoms with Crippen LogP contribution in [0.25, 0.3) is 0 Å². The Balaban J connectivity index is 2.28. The van der Waals surface area contributed by atoms with Crippen LogP contribution in [0, 0.1) is 10.1 Å². The molecule has 2 rings (SSSR count). The van der Waals surface area contributed by atoms with Gasteiger partial charge < -0.3 is 4.90 Å². The lowest BCUT2D eigenvalue weighted by atomic mass is 10.3. The van der Waals surface area contributed by atoms with E-state index in [2.05, 4.69) is 10.2 Å². The maximum Gasteiger partial charge on any atom is 0.320 e. The minimum atomic E-state index is -0.614. The van der Waals surface area contributed by atoms with Crippen molar-refractivity contribution in [2.75, 3.05) is 7.05 Å². The maximum atomic E-state index is 12.4. The standard InChI is InChI=1S/C12H15ClN6O3/c1-4-18-7-10(19(21)22)11(15-18)12(20)16(2)6-9-8(13)5-14-17(9)3/h5,7H,4,6H2,1-3H3. The summed E-state index contributed by atoms with van der Waals surface area (Å²) in [6.45, 7) is 2.39. The molecule has 0 aliphatic carbocycles. The molecule has 1 amide bonds. The molecule has 0 unspecified atom stereocenters. The Hall–Kier alpha value is -2.42. The van der Waals surface area contributed by atoms with E-state index in [0.717, 1.165) is 0 Å². The van der Waals surface area contributed by atoms with Crippen molar-refractivity contribution < 1.29 is 9.72 Å². The molecule has 2 heterocycles. The molecule has 0 atom stereocenters. The van der Waals surface area contributed by atoms with Crippen molar-refractivity contribution in [2.24, 2.45) is 7.05 Å². The van der Waals surface area contributed by atoms with Crippen molar-refractivity contribution in [3.8, 4) is 0 Å². The van der Waals surface area contributed by atoms with Gasteiger partial charge in [0.05, 0.1) is 28.4 Å². The second-order valence-electron chi connectivity index (χ2n) is 4.70. The van der Waals surface area contributed by atoms with Gasteiger partial charge in [-0.2, -0.15) is 10.2 Å². The van der Waals surface area contributed by atoms with Crippen LogP contribution >= 0.6 is 11.6 Å². The Morgan fingerprint density at radius 3 is 2.73 bits per heavy atom. The molecule has 0 aliphatic heterocycles. The number of hydrogen-bond acceptors (Lipinski definition) is 5. The third kappa shape index (κ3) is 2.93. The molecule has 0 aromatic carbocycles. The largest absolute Gasteiger partial charge is 0.334 e. The van der Waals surface area contributed by atoms with Gasteiger partial charge in [0.25, 0.3) is 5.91 Å². The van der Waals surface area contributed by atoms with Gasteiger partial charge in [-0.1, -0.05) is 11.6 Å². The van der Waals surface area contributed by atoms with Crippen LogP contribution < -0.4 is 0 Å². The van der Waals surface area contributed by atoms with Gasteiger partial charge in [0, 0.05) is 20.6 Å². The number of aromatic nitrogens is 4. The number of aryl methyl sites for hydroxylation is 2. The first-order chi connectivity index (χ1) is 10.3. The number of nitro groups is 1. The minimum Gasteiger partial charge on any atom is -0.334 e. The first-order valence-corrected chi connectivity index (χ1v) is 6.86. The summed E-state index contributed by atoms with van der Waals surface area (Å²) in [4.78, 5) is 24.2. The topological polar surface area (TPSA) is 99.1 Å². The van der Waals surface area contributed by atoms with Crippen LogP contribution in [-0.4, -0.2) is 42.3 Å². The lowest BCUT2D eigenvalue weighted by Crippen LogP contribution is -2.28. The van der Waals surface area contributed by atoms with E-state index < -0.39 is 10.8 Å². The Kier molecular flexibility index (Phi) is 4.45. The molecule has 2 aromatic heterocycles. The Labute approximate surface area is 131 Å². The molecule has 0 radical (unpaired) electrons. The zero-order valence-corrected chi connectivity index (χ0v) is 13.1. The average molecular weight is 327 g/mol. The van der Waals surface area contributed by atoms with Crippen molar-refractivity contribution in [2.45, 2.75) is 20.0 Å². The summed E-state index contributed by atoms with van der Waals surface area (Å²) in [7, 11) is 3.23. The predicted octanol–water partition coefficient (Wildman–Crippen LogP) is 1.47. The second-order valence-corrected chi connectivity index (χ2v) is 5.11. The van der Waals surface area contributed by atoms with Crippen molar-refractivity contribution >= 4 is 23.2 Å². The van der Waals surface area contributed by atoms with E-state index in [-0.39, 0.29) is 17.9 Å². The molecule has 0 saturated carbocycles. The Morgan fingerprint density at radius 2 is 2.23 bits per heavy atom. The Morgan fingerprint density at radius 1 is 1.55 bits per heavy atom. The van der Waals surface area contributed by atoms with Crippen molar-refractivity contribution in [3.05, 3.63) is 38.9 Å². The zero-order chi connectivity index (χ0) is 16.4. The van der Waals surface area contributed by atoms with Crippen molar-refractivity contribution in [1.82, 2.24) is 24.5 Å². The highest BCUT2D eigenvalue weighted by atomic mass is 35.5. The smallest absolute Gasteiger partial charge is 0.320 e. The lowest BCUT2D eigenvalue weighted by molar-refractivity contribution is -0.385. The van der Waals surface area contributed by atoms with Crippen molar-refractivity contribution in [1.29, 1.82) is 0 Å². The summed E-state index contributed by atoms with van der Waals surface area (Å²) in [5.41, 5.74) is 0.137. The third-order valence-electron chi connectivity index (χ3n) is 3.21. The Bertz CT molecular complexity index is 703. The summed E-state index contributed by atoms with van der Waals surface area (Å²) in [5, 5.41) is 19.4. The number of rotatable bonds is 5. The van der Waals surface area contributed by atoms with Crippen LogP contribution in [0.3, 0.4) is 0 Å². The van der Waals surface area contributed by atoms with Gasteiger partial charge in [0.2, 0.25) is 5.69 Å². The van der Waals surface area contributed by atoms with E-state index in [1.807, 2.05) is 0 Å². The fourth-order valence-electron chi connectivity index (χ4n) is 1.95. The minimum absolute atomic E-state index is 0.171. The molecule has 0 spiro atoms. The highest BCUT2D eigenvalue weighted by Crippen LogP contribution is 2.21. The molecule has 9 nitrogen and oxygen atoms in total. The van der Waals surface area contributed by atoms with Gasteiger partial charge in [-0.15, -0.1) is 0 Å². The molecule has 118 valence electrons. The molecule has 0 aliphatic rings. The number of hydrogen-bond donors (Lipinski definition) is 0. The highest BCUT2D eigenvalue weighted by molar-refractivity contribution is 6.31. The monoisotopic (exact) mass is 326 g/mol. The average Bonchev–Trinajstić information content (AvgIpc) is 3.05. The van der Waals surface area contributed by atoms with Gasteiger partial charge in [0.1, 0.15) is 6.20 Å². The maximum absolute atomic E-state index is 12.4. The van der Waals surface area contributed by atoms with Gasteiger partial charge in [-0.3, -0.25) is 24.3 Å². The number of carbonyl (C=O) groups excluding carboxylic acids is 1. The normalized spacial score (nSPS) is 10.7. The first-order valence-electron chi connectivity index (χ1n) is 6.48. The van der Waals surface area contributed by atoms with Gasteiger partial charge in [-0.25, -0.2) is 0 Å². The van der Waals surface area contributed by atoms with E-state index in [1.54, 1.807) is 18.7 Å². The lowest BCUT2D eigenvalue weighted by Gasteiger charge is -2.16.